The summed E-state index contributed by atoms with van der Waals surface area (Å²) in [4.78, 5) is 25.8. The number of carbonyl (C=O) groups is 1. The quantitative estimate of drug-likeness (QED) is 0.873. The number of nitrogens with zero attached hydrogens (tertiary/aromatic N) is 4. The Morgan fingerprint density at radius 1 is 1.27 bits per heavy atom. The van der Waals surface area contributed by atoms with E-state index in [2.05, 4.69) is 5.32 Å². The summed E-state index contributed by atoms with van der Waals surface area (Å²) >= 11 is 0. The Morgan fingerprint density at radius 2 is 2.04 bits per heavy atom. The van der Waals surface area contributed by atoms with E-state index in [0.29, 0.717) is 5.95 Å². The number of aromatic nitrogens is 2. The van der Waals surface area contributed by atoms with Crippen molar-refractivity contribution in [2.75, 3.05) is 30.9 Å². The summed E-state index contributed by atoms with van der Waals surface area (Å²) in [5, 5.41) is 3.44. The second kappa shape index (κ2) is 6.57. The molecule has 26 heavy (non-hydrogen) atoms. The normalized spacial score (nSPS) is 20.7. The van der Waals surface area contributed by atoms with Crippen LogP contribution in [0.4, 0.5) is 17.5 Å². The molecule has 2 aromatic rings. The molecule has 2 aliphatic rings. The van der Waals surface area contributed by atoms with Gasteiger partial charge in [0, 0.05) is 37.8 Å². The minimum absolute atomic E-state index is 0.00206. The first kappa shape index (κ1) is 16.8. The fourth-order valence-electron chi connectivity index (χ4n) is 4.03. The van der Waals surface area contributed by atoms with E-state index in [0.717, 1.165) is 42.0 Å². The highest BCUT2D eigenvalue weighted by atomic mass is 16.2. The number of hydrogen-bond acceptors (Lipinski definition) is 6. The van der Waals surface area contributed by atoms with E-state index >= 15 is 0 Å². The van der Waals surface area contributed by atoms with Crippen molar-refractivity contribution in [2.45, 2.75) is 31.3 Å². The fraction of sp³-hybridized carbons (Fsp3) is 0.421. The molecule has 7 nitrogen and oxygen atoms in total. The molecule has 0 unspecified atom stereocenters. The molecule has 4 rings (SSSR count). The van der Waals surface area contributed by atoms with Gasteiger partial charge in [-0.15, -0.1) is 0 Å². The molecule has 2 bridgehead atoms. The molecule has 0 aliphatic carbocycles. The Hall–Kier alpha value is -2.67. The Morgan fingerprint density at radius 3 is 2.73 bits per heavy atom. The zero-order valence-electron chi connectivity index (χ0n) is 15.1. The maximum Gasteiger partial charge on any atom is 0.237 e. The number of nitrogens with one attached hydrogen (secondary N) is 1. The molecule has 0 saturated carbocycles. The van der Waals surface area contributed by atoms with Gasteiger partial charge in [-0.3, -0.25) is 4.79 Å². The van der Waals surface area contributed by atoms with E-state index in [1.165, 1.54) is 0 Å². The molecule has 0 spiro atoms. The highest BCUT2D eigenvalue weighted by molar-refractivity contribution is 5.80. The van der Waals surface area contributed by atoms with Crippen LogP contribution in [-0.4, -0.2) is 47.5 Å². The van der Waals surface area contributed by atoms with E-state index < -0.39 is 0 Å². The third-order valence-electron chi connectivity index (χ3n) is 5.18. The summed E-state index contributed by atoms with van der Waals surface area (Å²) in [6, 6.07) is 10.2. The van der Waals surface area contributed by atoms with Gasteiger partial charge in [0.05, 0.1) is 18.3 Å². The zero-order valence-corrected chi connectivity index (χ0v) is 15.1. The average molecular weight is 352 g/mol. The summed E-state index contributed by atoms with van der Waals surface area (Å²) in [7, 11) is 3.88. The first-order valence-corrected chi connectivity index (χ1v) is 9.00. The Balaban J connectivity index is 1.81. The number of para-hydroxylation sites is 1. The monoisotopic (exact) mass is 352 g/mol. The summed E-state index contributed by atoms with van der Waals surface area (Å²) in [6.07, 6.45) is 2.66. The van der Waals surface area contributed by atoms with Gasteiger partial charge in [0.1, 0.15) is 5.82 Å². The highest BCUT2D eigenvalue weighted by Gasteiger charge is 2.44. The lowest BCUT2D eigenvalue weighted by molar-refractivity contribution is -0.133. The van der Waals surface area contributed by atoms with Crippen LogP contribution in [0.5, 0.6) is 0 Å². The molecule has 3 heterocycles. The van der Waals surface area contributed by atoms with Gasteiger partial charge in [-0.25, -0.2) is 4.98 Å². The lowest BCUT2D eigenvalue weighted by Crippen LogP contribution is -2.45. The third kappa shape index (κ3) is 2.78. The molecule has 2 aliphatic heterocycles. The predicted molar refractivity (Wildman–Crippen MR) is 101 cm³/mol. The Labute approximate surface area is 153 Å². The molecule has 1 amide bonds. The smallest absolute Gasteiger partial charge is 0.237 e. The summed E-state index contributed by atoms with van der Waals surface area (Å²) < 4.78 is 0. The Bertz CT molecular complexity index is 822. The Kier molecular flexibility index (Phi) is 4.24. The predicted octanol–water partition coefficient (Wildman–Crippen LogP) is 1.83. The lowest BCUT2D eigenvalue weighted by atomic mass is 9.97. The van der Waals surface area contributed by atoms with E-state index in [-0.39, 0.29) is 24.5 Å². The summed E-state index contributed by atoms with van der Waals surface area (Å²) in [5.74, 6) is 1.47. The van der Waals surface area contributed by atoms with Crippen LogP contribution in [0.1, 0.15) is 30.1 Å². The zero-order chi connectivity index (χ0) is 18.3. The van der Waals surface area contributed by atoms with Gasteiger partial charge in [-0.2, -0.15) is 4.98 Å². The molecule has 136 valence electrons. The fourth-order valence-corrected chi connectivity index (χ4v) is 4.03. The lowest BCUT2D eigenvalue weighted by Gasteiger charge is -2.36. The highest BCUT2D eigenvalue weighted by Crippen LogP contribution is 2.46. The van der Waals surface area contributed by atoms with Crippen molar-refractivity contribution in [1.82, 2.24) is 14.9 Å². The van der Waals surface area contributed by atoms with Gasteiger partial charge in [0.25, 0.3) is 0 Å². The number of fused-ring (bicyclic) bond motifs is 4. The van der Waals surface area contributed by atoms with Crippen LogP contribution >= 0.6 is 0 Å². The second-order valence-electron chi connectivity index (χ2n) is 7.07. The molecule has 0 radical (unpaired) electrons. The molecule has 1 aromatic heterocycles. The third-order valence-corrected chi connectivity index (χ3v) is 5.18. The van der Waals surface area contributed by atoms with Crippen molar-refractivity contribution in [1.29, 1.82) is 0 Å². The topological polar surface area (TPSA) is 87.4 Å². The largest absolute Gasteiger partial charge is 0.347 e. The average Bonchev–Trinajstić information content (AvgIpc) is 2.95. The second-order valence-corrected chi connectivity index (χ2v) is 7.07. The van der Waals surface area contributed by atoms with Crippen molar-refractivity contribution in [3.05, 3.63) is 41.6 Å². The minimum Gasteiger partial charge on any atom is -0.347 e. The number of nitrogens with two attached hydrogens (primary N) is 1. The SMILES string of the molecule is CN(C)c1nc2c(c(Nc3ccccc3)n1)[C@@H]1CC[C@@H](C2)N1C(=O)CN. The van der Waals surface area contributed by atoms with Gasteiger partial charge in [0.2, 0.25) is 11.9 Å². The maximum absolute atomic E-state index is 12.4. The first-order valence-electron chi connectivity index (χ1n) is 9.00. The molecular formula is C19H24N6O. The van der Waals surface area contributed by atoms with Gasteiger partial charge in [-0.1, -0.05) is 18.2 Å². The number of hydrogen-bond donors (Lipinski definition) is 2. The van der Waals surface area contributed by atoms with Crippen LogP contribution in [0, 0.1) is 0 Å². The molecular weight excluding hydrogens is 328 g/mol. The van der Waals surface area contributed by atoms with E-state index in [1.807, 2.05) is 54.2 Å². The molecule has 7 heteroatoms. The minimum atomic E-state index is 0.00206. The van der Waals surface area contributed by atoms with Crippen molar-refractivity contribution in [3.8, 4) is 0 Å². The van der Waals surface area contributed by atoms with Gasteiger partial charge < -0.3 is 20.9 Å². The van der Waals surface area contributed by atoms with Crippen LogP contribution in [0.2, 0.25) is 0 Å². The number of anilines is 3. The molecule has 3 N–H and O–H groups in total. The van der Waals surface area contributed by atoms with Crippen LogP contribution in [0.15, 0.2) is 30.3 Å². The van der Waals surface area contributed by atoms with Crippen LogP contribution in [0.25, 0.3) is 0 Å². The van der Waals surface area contributed by atoms with Crippen molar-refractivity contribution < 1.29 is 4.79 Å². The van der Waals surface area contributed by atoms with Crippen molar-refractivity contribution >= 4 is 23.4 Å². The van der Waals surface area contributed by atoms with Crippen LogP contribution in [0.3, 0.4) is 0 Å². The first-order chi connectivity index (χ1) is 12.6. The number of carbonyl (C=O) groups excluding carboxylic acids is 1. The number of amides is 1. The van der Waals surface area contributed by atoms with Crippen LogP contribution < -0.4 is 16.0 Å². The van der Waals surface area contributed by atoms with Gasteiger partial charge >= 0.3 is 0 Å². The molecule has 1 fully saturated rings. The van der Waals surface area contributed by atoms with Crippen LogP contribution in [-0.2, 0) is 11.2 Å². The van der Waals surface area contributed by atoms with Gasteiger partial charge in [-0.05, 0) is 25.0 Å². The van der Waals surface area contributed by atoms with E-state index in [4.69, 9.17) is 15.7 Å². The standard InChI is InChI=1S/C19H24N6O/c1-24(2)19-22-14-10-13-8-9-15(25(13)16(26)11-20)17(14)18(23-19)21-12-6-4-3-5-7-12/h3-7,13,15H,8-11,20H2,1-2H3,(H,21,22,23)/t13-,15-/m0/s1. The van der Waals surface area contributed by atoms with E-state index in [9.17, 15) is 4.79 Å². The summed E-state index contributed by atoms with van der Waals surface area (Å²) in [6.45, 7) is 0.0421. The van der Waals surface area contributed by atoms with Gasteiger partial charge in [0.15, 0.2) is 0 Å². The number of rotatable bonds is 4. The van der Waals surface area contributed by atoms with Crippen molar-refractivity contribution in [2.24, 2.45) is 5.73 Å². The van der Waals surface area contributed by atoms with Crippen molar-refractivity contribution in [3.63, 3.8) is 0 Å². The maximum atomic E-state index is 12.4. The summed E-state index contributed by atoms with van der Waals surface area (Å²) in [5.41, 5.74) is 8.70. The molecule has 1 saturated heterocycles. The molecule has 2 atom stereocenters. The molecule has 1 aromatic carbocycles. The van der Waals surface area contributed by atoms with E-state index in [1.54, 1.807) is 0 Å². The number of benzene rings is 1.